The molecule has 6 heteroatoms. The Morgan fingerprint density at radius 1 is 1.00 bits per heavy atom. The van der Waals surface area contributed by atoms with Gasteiger partial charge in [-0.05, 0) is 55.0 Å². The lowest BCUT2D eigenvalue weighted by Gasteiger charge is -2.08. The molecule has 136 valence electrons. The van der Waals surface area contributed by atoms with E-state index in [2.05, 4.69) is 15.3 Å². The van der Waals surface area contributed by atoms with Gasteiger partial charge in [0.25, 0.3) is 6.01 Å². The van der Waals surface area contributed by atoms with Gasteiger partial charge in [0.2, 0.25) is 5.88 Å². The first-order chi connectivity index (χ1) is 13.3. The van der Waals surface area contributed by atoms with E-state index in [4.69, 9.17) is 13.9 Å². The molecule has 2 aromatic carbocycles. The molecule has 2 heterocycles. The summed E-state index contributed by atoms with van der Waals surface area (Å²) in [5.74, 6) is 2.04. The molecule has 2 aromatic heterocycles. The highest BCUT2D eigenvalue weighted by molar-refractivity contribution is 5.74. The van der Waals surface area contributed by atoms with E-state index in [1.54, 1.807) is 6.20 Å². The van der Waals surface area contributed by atoms with Gasteiger partial charge in [0.15, 0.2) is 5.58 Å². The zero-order chi connectivity index (χ0) is 18.5. The Morgan fingerprint density at radius 3 is 2.63 bits per heavy atom. The topological polar surface area (TPSA) is 69.4 Å². The van der Waals surface area contributed by atoms with Crippen molar-refractivity contribution in [1.82, 2.24) is 9.97 Å². The minimum atomic E-state index is 0.488. The van der Waals surface area contributed by atoms with Crippen molar-refractivity contribution in [2.45, 2.75) is 13.5 Å². The molecule has 0 aliphatic carbocycles. The van der Waals surface area contributed by atoms with Gasteiger partial charge in [0.05, 0.1) is 6.61 Å². The van der Waals surface area contributed by atoms with Crippen LogP contribution in [0.2, 0.25) is 0 Å². The minimum Gasteiger partial charge on any atom is -0.494 e. The highest BCUT2D eigenvalue weighted by Gasteiger charge is 2.06. The fourth-order valence-corrected chi connectivity index (χ4v) is 2.63. The summed E-state index contributed by atoms with van der Waals surface area (Å²) in [5, 5.41) is 3.19. The van der Waals surface area contributed by atoms with Crippen LogP contribution in [0.15, 0.2) is 71.3 Å². The van der Waals surface area contributed by atoms with E-state index in [-0.39, 0.29) is 0 Å². The Labute approximate surface area is 156 Å². The Hall–Kier alpha value is -3.54. The van der Waals surface area contributed by atoms with Crippen LogP contribution < -0.4 is 14.8 Å². The summed E-state index contributed by atoms with van der Waals surface area (Å²) >= 11 is 0. The monoisotopic (exact) mass is 361 g/mol. The van der Waals surface area contributed by atoms with Crippen LogP contribution >= 0.6 is 0 Å². The Morgan fingerprint density at radius 2 is 1.81 bits per heavy atom. The normalized spacial score (nSPS) is 10.7. The molecule has 0 fully saturated rings. The van der Waals surface area contributed by atoms with Gasteiger partial charge in [-0.1, -0.05) is 12.1 Å². The molecule has 1 N–H and O–H groups in total. The molecule has 0 amide bonds. The molecule has 0 atom stereocenters. The van der Waals surface area contributed by atoms with Crippen molar-refractivity contribution in [2.75, 3.05) is 11.9 Å². The Balaban J connectivity index is 1.41. The lowest BCUT2D eigenvalue weighted by Crippen LogP contribution is -2.00. The molecule has 27 heavy (non-hydrogen) atoms. The van der Waals surface area contributed by atoms with Crippen LogP contribution in [0.5, 0.6) is 17.4 Å². The third-order valence-corrected chi connectivity index (χ3v) is 3.89. The SMILES string of the molecule is CCOc1ccc(Oc2cc(CNc3nc4ccccc4o3)ccn2)cc1. The first-order valence-corrected chi connectivity index (χ1v) is 8.75. The number of nitrogens with one attached hydrogen (secondary N) is 1. The van der Waals surface area contributed by atoms with E-state index in [1.165, 1.54) is 0 Å². The number of ether oxygens (including phenoxy) is 2. The number of benzene rings is 2. The zero-order valence-electron chi connectivity index (χ0n) is 14.9. The predicted octanol–water partition coefficient (Wildman–Crippen LogP) is 5.03. The lowest BCUT2D eigenvalue weighted by atomic mass is 10.2. The van der Waals surface area contributed by atoms with Crippen LogP contribution in [0, 0.1) is 0 Å². The summed E-state index contributed by atoms with van der Waals surface area (Å²) in [4.78, 5) is 8.67. The molecular formula is C21H19N3O3. The van der Waals surface area contributed by atoms with Gasteiger partial charge in [-0.2, -0.15) is 4.98 Å². The highest BCUT2D eigenvalue weighted by atomic mass is 16.5. The number of fused-ring (bicyclic) bond motifs is 1. The van der Waals surface area contributed by atoms with Crippen LogP contribution in [0.1, 0.15) is 12.5 Å². The molecule has 4 aromatic rings. The summed E-state index contributed by atoms with van der Waals surface area (Å²) in [6.45, 7) is 3.14. The second-order valence-electron chi connectivity index (χ2n) is 5.85. The van der Waals surface area contributed by atoms with Gasteiger partial charge in [-0.15, -0.1) is 0 Å². The second kappa shape index (κ2) is 7.78. The Bertz CT molecular complexity index is 995. The number of para-hydroxylation sites is 2. The Kier molecular flexibility index (Phi) is 4.87. The van der Waals surface area contributed by atoms with Crippen LogP contribution in [0.3, 0.4) is 0 Å². The maximum absolute atomic E-state index is 5.82. The van der Waals surface area contributed by atoms with Crippen LogP contribution in [0.4, 0.5) is 6.01 Å². The summed E-state index contributed by atoms with van der Waals surface area (Å²) in [7, 11) is 0. The van der Waals surface area contributed by atoms with Crippen LogP contribution in [-0.2, 0) is 6.54 Å². The number of anilines is 1. The quantitative estimate of drug-likeness (QED) is 0.498. The molecule has 0 saturated heterocycles. The molecule has 6 nitrogen and oxygen atoms in total. The summed E-state index contributed by atoms with van der Waals surface area (Å²) in [6, 6.07) is 19.4. The molecule has 4 rings (SSSR count). The largest absolute Gasteiger partial charge is 0.494 e. The van der Waals surface area contributed by atoms with Crippen molar-refractivity contribution < 1.29 is 13.9 Å². The van der Waals surface area contributed by atoms with Crippen molar-refractivity contribution in [1.29, 1.82) is 0 Å². The molecule has 0 radical (unpaired) electrons. The van der Waals surface area contributed by atoms with Crippen molar-refractivity contribution in [3.8, 4) is 17.4 Å². The lowest BCUT2D eigenvalue weighted by molar-refractivity contribution is 0.339. The molecular weight excluding hydrogens is 342 g/mol. The van der Waals surface area contributed by atoms with E-state index in [0.717, 1.165) is 22.4 Å². The average molecular weight is 361 g/mol. The van der Waals surface area contributed by atoms with Gasteiger partial charge in [0.1, 0.15) is 17.0 Å². The maximum atomic E-state index is 5.82. The van der Waals surface area contributed by atoms with Gasteiger partial charge in [-0.3, -0.25) is 0 Å². The standard InChI is InChI=1S/C21H19N3O3/c1-2-25-16-7-9-17(10-8-16)26-20-13-15(11-12-22-20)14-23-21-24-18-5-3-4-6-19(18)27-21/h3-13H,2,14H2,1H3,(H,23,24). The number of rotatable bonds is 7. The molecule has 0 saturated carbocycles. The summed E-state index contributed by atoms with van der Waals surface area (Å²) in [5.41, 5.74) is 2.59. The summed E-state index contributed by atoms with van der Waals surface area (Å²) in [6.07, 6.45) is 1.72. The third kappa shape index (κ3) is 4.17. The van der Waals surface area contributed by atoms with Gasteiger partial charge in [0, 0.05) is 18.8 Å². The number of hydrogen-bond acceptors (Lipinski definition) is 6. The van der Waals surface area contributed by atoms with E-state index in [1.807, 2.05) is 67.6 Å². The molecule has 0 aliphatic heterocycles. The number of nitrogens with zero attached hydrogens (tertiary/aromatic N) is 2. The minimum absolute atomic E-state index is 0.488. The number of oxazole rings is 1. The number of hydrogen-bond donors (Lipinski definition) is 1. The molecule has 0 unspecified atom stereocenters. The second-order valence-corrected chi connectivity index (χ2v) is 5.85. The van der Waals surface area contributed by atoms with Crippen molar-refractivity contribution in [2.24, 2.45) is 0 Å². The molecule has 0 bridgehead atoms. The average Bonchev–Trinajstić information content (AvgIpc) is 3.12. The summed E-state index contributed by atoms with van der Waals surface area (Å²) < 4.78 is 16.9. The van der Waals surface area contributed by atoms with Crippen molar-refractivity contribution in [3.05, 3.63) is 72.4 Å². The zero-order valence-corrected chi connectivity index (χ0v) is 14.9. The smallest absolute Gasteiger partial charge is 0.295 e. The predicted molar refractivity (Wildman–Crippen MR) is 103 cm³/mol. The number of aromatic nitrogens is 2. The van der Waals surface area contributed by atoms with Crippen LogP contribution in [0.25, 0.3) is 11.1 Å². The first-order valence-electron chi connectivity index (χ1n) is 8.75. The highest BCUT2D eigenvalue weighted by Crippen LogP contribution is 2.24. The van der Waals surface area contributed by atoms with Gasteiger partial charge < -0.3 is 19.2 Å². The van der Waals surface area contributed by atoms with E-state index in [0.29, 0.717) is 30.8 Å². The van der Waals surface area contributed by atoms with Gasteiger partial charge >= 0.3 is 0 Å². The van der Waals surface area contributed by atoms with E-state index >= 15 is 0 Å². The molecule has 0 aliphatic rings. The maximum Gasteiger partial charge on any atom is 0.295 e. The first kappa shape index (κ1) is 16.9. The number of pyridine rings is 1. The van der Waals surface area contributed by atoms with E-state index in [9.17, 15) is 0 Å². The fourth-order valence-electron chi connectivity index (χ4n) is 2.63. The third-order valence-electron chi connectivity index (χ3n) is 3.89. The fraction of sp³-hybridized carbons (Fsp3) is 0.143. The molecule has 0 spiro atoms. The van der Waals surface area contributed by atoms with Crippen molar-refractivity contribution >= 4 is 17.1 Å². The van der Waals surface area contributed by atoms with E-state index < -0.39 is 0 Å². The van der Waals surface area contributed by atoms with Crippen LogP contribution in [-0.4, -0.2) is 16.6 Å². The van der Waals surface area contributed by atoms with Gasteiger partial charge in [-0.25, -0.2) is 4.98 Å². The van der Waals surface area contributed by atoms with Crippen molar-refractivity contribution in [3.63, 3.8) is 0 Å².